The first-order chi connectivity index (χ1) is 11.0. The Morgan fingerprint density at radius 1 is 1.17 bits per heavy atom. The number of hydrogen-bond acceptors (Lipinski definition) is 1. The Kier molecular flexibility index (Phi) is 3.75. The van der Waals surface area contributed by atoms with Crippen molar-refractivity contribution in [1.29, 1.82) is 0 Å². The molecule has 1 aromatic rings. The average molecular weight is 337 g/mol. The molecule has 23 heavy (non-hydrogen) atoms. The van der Waals surface area contributed by atoms with Crippen molar-refractivity contribution >= 4 is 23.3 Å². The van der Waals surface area contributed by atoms with Gasteiger partial charge in [-0.15, -0.1) is 0 Å². The number of urea groups is 1. The predicted octanol–water partition coefficient (Wildman–Crippen LogP) is 4.82. The second-order valence-corrected chi connectivity index (χ2v) is 8.26. The van der Waals surface area contributed by atoms with E-state index in [9.17, 15) is 9.18 Å². The van der Waals surface area contributed by atoms with Crippen molar-refractivity contribution in [3.05, 3.63) is 29.0 Å². The van der Waals surface area contributed by atoms with Crippen molar-refractivity contribution < 1.29 is 9.18 Å². The molecule has 124 valence electrons. The fourth-order valence-corrected chi connectivity index (χ4v) is 5.70. The second kappa shape index (κ2) is 5.66. The van der Waals surface area contributed by atoms with E-state index >= 15 is 0 Å². The van der Waals surface area contributed by atoms with Crippen LogP contribution in [0.1, 0.15) is 38.5 Å². The maximum Gasteiger partial charge on any atom is 0.319 e. The zero-order valence-corrected chi connectivity index (χ0v) is 13.8. The molecule has 0 heterocycles. The molecule has 4 saturated carbocycles. The first kappa shape index (κ1) is 15.3. The number of halogens is 2. The Balaban J connectivity index is 1.35. The molecule has 2 amide bonds. The highest BCUT2D eigenvalue weighted by Gasteiger charge is 2.50. The highest BCUT2D eigenvalue weighted by Crippen LogP contribution is 2.59. The van der Waals surface area contributed by atoms with Crippen molar-refractivity contribution in [2.45, 2.75) is 38.5 Å². The molecule has 0 spiro atoms. The van der Waals surface area contributed by atoms with Gasteiger partial charge in [0.15, 0.2) is 0 Å². The number of nitrogens with one attached hydrogen (secondary N) is 2. The zero-order chi connectivity index (χ0) is 16.0. The van der Waals surface area contributed by atoms with Crippen LogP contribution in [0.15, 0.2) is 18.2 Å². The molecule has 3 nitrogen and oxygen atoms in total. The van der Waals surface area contributed by atoms with Crippen molar-refractivity contribution in [1.82, 2.24) is 5.32 Å². The summed E-state index contributed by atoms with van der Waals surface area (Å²) in [4.78, 5) is 12.1. The van der Waals surface area contributed by atoms with Gasteiger partial charge in [-0.1, -0.05) is 11.6 Å². The van der Waals surface area contributed by atoms with Crippen LogP contribution in [0.5, 0.6) is 0 Å². The summed E-state index contributed by atoms with van der Waals surface area (Å²) >= 11 is 5.74. The lowest BCUT2D eigenvalue weighted by Crippen LogP contribution is -2.51. The average Bonchev–Trinajstić information content (AvgIpc) is 2.48. The van der Waals surface area contributed by atoms with Gasteiger partial charge in [-0.05, 0) is 79.9 Å². The summed E-state index contributed by atoms with van der Waals surface area (Å²) in [7, 11) is 0. The van der Waals surface area contributed by atoms with Crippen LogP contribution in [0, 0.1) is 29.0 Å². The molecule has 0 saturated heterocycles. The summed E-state index contributed by atoms with van der Waals surface area (Å²) in [6.07, 6.45) is 8.00. The van der Waals surface area contributed by atoms with Crippen molar-refractivity contribution in [3.63, 3.8) is 0 Å². The van der Waals surface area contributed by atoms with Crippen molar-refractivity contribution in [2.24, 2.45) is 23.2 Å². The summed E-state index contributed by atoms with van der Waals surface area (Å²) in [6.45, 7) is 0.747. The second-order valence-electron chi connectivity index (χ2n) is 7.85. The van der Waals surface area contributed by atoms with Gasteiger partial charge in [0.05, 0.1) is 5.02 Å². The Labute approximate surface area is 141 Å². The summed E-state index contributed by atoms with van der Waals surface area (Å²) in [6, 6.07) is 3.98. The minimum absolute atomic E-state index is 0.0175. The van der Waals surface area contributed by atoms with E-state index in [1.807, 2.05) is 0 Å². The van der Waals surface area contributed by atoms with Crippen molar-refractivity contribution in [3.8, 4) is 0 Å². The number of rotatable bonds is 3. The molecule has 5 heteroatoms. The van der Waals surface area contributed by atoms with Gasteiger partial charge in [-0.25, -0.2) is 9.18 Å². The molecule has 0 aromatic heterocycles. The molecular formula is C18H22ClFN2O. The molecule has 0 atom stereocenters. The van der Waals surface area contributed by atoms with Gasteiger partial charge in [-0.3, -0.25) is 0 Å². The summed E-state index contributed by atoms with van der Waals surface area (Å²) in [5, 5.41) is 5.79. The van der Waals surface area contributed by atoms with Crippen LogP contribution in [-0.4, -0.2) is 12.6 Å². The van der Waals surface area contributed by atoms with E-state index in [-0.39, 0.29) is 11.1 Å². The van der Waals surface area contributed by atoms with E-state index in [2.05, 4.69) is 10.6 Å². The van der Waals surface area contributed by atoms with Gasteiger partial charge in [0.1, 0.15) is 5.82 Å². The summed E-state index contributed by atoms with van der Waals surface area (Å²) < 4.78 is 13.1. The van der Waals surface area contributed by atoms with Gasteiger partial charge in [0.25, 0.3) is 0 Å². The summed E-state index contributed by atoms with van der Waals surface area (Å²) in [5.74, 6) is 2.15. The van der Waals surface area contributed by atoms with E-state index in [1.54, 1.807) is 0 Å². The van der Waals surface area contributed by atoms with E-state index in [4.69, 9.17) is 11.6 Å². The fourth-order valence-electron chi connectivity index (χ4n) is 5.52. The van der Waals surface area contributed by atoms with E-state index in [0.717, 1.165) is 24.3 Å². The number of anilines is 1. The van der Waals surface area contributed by atoms with Gasteiger partial charge in [0.2, 0.25) is 0 Å². The molecule has 5 rings (SSSR count). The number of benzene rings is 1. The molecule has 4 aliphatic rings. The molecule has 4 fully saturated rings. The number of carbonyl (C=O) groups is 1. The molecule has 4 bridgehead atoms. The quantitative estimate of drug-likeness (QED) is 0.816. The van der Waals surface area contributed by atoms with E-state index in [0.29, 0.717) is 11.1 Å². The van der Waals surface area contributed by atoms with Crippen LogP contribution in [0.4, 0.5) is 14.9 Å². The summed E-state index contributed by atoms with van der Waals surface area (Å²) in [5.41, 5.74) is 0.825. The highest BCUT2D eigenvalue weighted by atomic mass is 35.5. The minimum Gasteiger partial charge on any atom is -0.337 e. The molecule has 0 radical (unpaired) electrons. The Morgan fingerprint density at radius 2 is 1.78 bits per heavy atom. The third kappa shape index (κ3) is 3.06. The molecule has 4 aliphatic carbocycles. The van der Waals surface area contributed by atoms with Crippen LogP contribution in [0.3, 0.4) is 0 Å². The molecular weight excluding hydrogens is 315 g/mol. The molecule has 0 unspecified atom stereocenters. The van der Waals surface area contributed by atoms with Crippen LogP contribution >= 0.6 is 11.6 Å². The zero-order valence-electron chi connectivity index (χ0n) is 13.1. The molecule has 0 aliphatic heterocycles. The normalized spacial score (nSPS) is 34.4. The Bertz CT molecular complexity index is 598. The van der Waals surface area contributed by atoms with Crippen LogP contribution < -0.4 is 10.6 Å². The third-order valence-electron chi connectivity index (χ3n) is 5.97. The van der Waals surface area contributed by atoms with Gasteiger partial charge in [0, 0.05) is 12.2 Å². The smallest absolute Gasteiger partial charge is 0.319 e. The lowest BCUT2D eigenvalue weighted by atomic mass is 9.49. The van der Waals surface area contributed by atoms with Gasteiger partial charge in [-0.2, -0.15) is 0 Å². The predicted molar refractivity (Wildman–Crippen MR) is 89.0 cm³/mol. The van der Waals surface area contributed by atoms with Gasteiger partial charge >= 0.3 is 6.03 Å². The maximum absolute atomic E-state index is 13.1. The van der Waals surface area contributed by atoms with Crippen LogP contribution in [-0.2, 0) is 0 Å². The topological polar surface area (TPSA) is 41.1 Å². The minimum atomic E-state index is -0.480. The van der Waals surface area contributed by atoms with E-state index < -0.39 is 5.82 Å². The van der Waals surface area contributed by atoms with Crippen molar-refractivity contribution in [2.75, 3.05) is 11.9 Å². The highest BCUT2D eigenvalue weighted by molar-refractivity contribution is 6.31. The molecule has 1 aromatic carbocycles. The number of amides is 2. The lowest BCUT2D eigenvalue weighted by Gasteiger charge is -2.56. The van der Waals surface area contributed by atoms with Crippen LogP contribution in [0.2, 0.25) is 5.02 Å². The van der Waals surface area contributed by atoms with E-state index in [1.165, 1.54) is 56.7 Å². The maximum atomic E-state index is 13.1. The monoisotopic (exact) mass is 336 g/mol. The third-order valence-corrected chi connectivity index (χ3v) is 6.26. The molecule has 2 N–H and O–H groups in total. The van der Waals surface area contributed by atoms with Crippen LogP contribution in [0.25, 0.3) is 0 Å². The Morgan fingerprint density at radius 3 is 2.35 bits per heavy atom. The SMILES string of the molecule is O=C(NCC12CC3CC(CC(C3)C1)C2)Nc1ccc(F)c(Cl)c1. The largest absolute Gasteiger partial charge is 0.337 e. The first-order valence-electron chi connectivity index (χ1n) is 8.51. The number of hydrogen-bond donors (Lipinski definition) is 2. The standard InChI is InChI=1S/C18H22ClFN2O/c19-15-6-14(1-2-16(15)20)22-17(23)21-10-18-7-11-3-12(8-18)5-13(4-11)9-18/h1-2,6,11-13H,3-5,7-10H2,(H2,21,22,23). The first-order valence-corrected chi connectivity index (χ1v) is 8.89. The van der Waals surface area contributed by atoms with Gasteiger partial charge < -0.3 is 10.6 Å². The fraction of sp³-hybridized carbons (Fsp3) is 0.611. The number of carbonyl (C=O) groups excluding carboxylic acids is 1. The Hall–Kier alpha value is -1.29. The lowest BCUT2D eigenvalue weighted by molar-refractivity contribution is -0.0496.